The van der Waals surface area contributed by atoms with Crippen LogP contribution < -0.4 is 4.74 Å². The monoisotopic (exact) mass is 308 g/mol. The number of aromatic amines is 1. The number of hydrogen-bond donors (Lipinski definition) is 1. The van der Waals surface area contributed by atoms with Gasteiger partial charge in [0, 0.05) is 19.8 Å². The first-order valence-corrected chi connectivity index (χ1v) is 8.10. The average molecular weight is 308 g/mol. The minimum atomic E-state index is 0.649. The number of hydrogen-bond acceptors (Lipinski definition) is 3. The Labute approximate surface area is 131 Å². The lowest BCUT2D eigenvalue weighted by molar-refractivity contribution is 0.126. The number of fused-ring (bicyclic) bond motifs is 1. The van der Waals surface area contributed by atoms with Crippen LogP contribution in [0.3, 0.4) is 0 Å². The van der Waals surface area contributed by atoms with Gasteiger partial charge in [0.15, 0.2) is 4.77 Å². The van der Waals surface area contributed by atoms with Crippen molar-refractivity contribution in [2.75, 3.05) is 19.8 Å². The Morgan fingerprint density at radius 1 is 1.19 bits per heavy atom. The zero-order valence-electron chi connectivity index (χ0n) is 12.9. The van der Waals surface area contributed by atoms with Crippen LogP contribution in [-0.2, 0) is 11.3 Å². The van der Waals surface area contributed by atoms with Gasteiger partial charge >= 0.3 is 0 Å². The smallest absolute Gasteiger partial charge is 0.178 e. The summed E-state index contributed by atoms with van der Waals surface area (Å²) in [7, 11) is 0. The molecule has 0 radical (unpaired) electrons. The van der Waals surface area contributed by atoms with Gasteiger partial charge in [0.1, 0.15) is 11.3 Å². The predicted octanol–water partition coefficient (Wildman–Crippen LogP) is 4.30. The van der Waals surface area contributed by atoms with Crippen LogP contribution in [0.5, 0.6) is 5.75 Å². The molecule has 0 amide bonds. The highest BCUT2D eigenvalue weighted by Crippen LogP contribution is 2.25. The van der Waals surface area contributed by atoms with E-state index in [1.54, 1.807) is 0 Å². The quantitative estimate of drug-likeness (QED) is 0.554. The van der Waals surface area contributed by atoms with Gasteiger partial charge in [-0.15, -0.1) is 0 Å². The third-order valence-corrected chi connectivity index (χ3v) is 3.71. The second-order valence-corrected chi connectivity index (χ2v) is 5.37. The van der Waals surface area contributed by atoms with Crippen molar-refractivity contribution >= 4 is 23.3 Å². The molecule has 5 heteroatoms. The maximum Gasteiger partial charge on any atom is 0.178 e. The van der Waals surface area contributed by atoms with E-state index in [1.165, 1.54) is 6.42 Å². The summed E-state index contributed by atoms with van der Waals surface area (Å²) >= 11 is 5.43. The van der Waals surface area contributed by atoms with Crippen LogP contribution in [0.2, 0.25) is 0 Å². The number of rotatable bonds is 9. The van der Waals surface area contributed by atoms with Gasteiger partial charge in [0.05, 0.1) is 12.1 Å². The molecule has 0 saturated heterocycles. The van der Waals surface area contributed by atoms with Crippen LogP contribution >= 0.6 is 12.2 Å². The van der Waals surface area contributed by atoms with Gasteiger partial charge in [-0.3, -0.25) is 0 Å². The summed E-state index contributed by atoms with van der Waals surface area (Å²) < 4.78 is 14.1. The molecule has 21 heavy (non-hydrogen) atoms. The van der Waals surface area contributed by atoms with E-state index < -0.39 is 0 Å². The average Bonchev–Trinajstić information content (AvgIpc) is 2.80. The summed E-state index contributed by atoms with van der Waals surface area (Å²) in [6, 6.07) is 6.04. The van der Waals surface area contributed by atoms with Gasteiger partial charge < -0.3 is 19.0 Å². The molecule has 0 fully saturated rings. The lowest BCUT2D eigenvalue weighted by Gasteiger charge is -2.07. The third kappa shape index (κ3) is 4.08. The molecular weight excluding hydrogens is 284 g/mol. The Hall–Kier alpha value is -1.33. The maximum atomic E-state index is 5.64. The first-order valence-electron chi connectivity index (χ1n) is 7.70. The first-order chi connectivity index (χ1) is 10.3. The lowest BCUT2D eigenvalue weighted by atomic mass is 10.3. The molecule has 0 aliphatic carbocycles. The number of ether oxygens (including phenoxy) is 2. The number of benzene rings is 1. The van der Waals surface area contributed by atoms with Crippen LogP contribution in [0.15, 0.2) is 18.2 Å². The van der Waals surface area contributed by atoms with Crippen LogP contribution in [0.1, 0.15) is 33.1 Å². The van der Waals surface area contributed by atoms with Crippen molar-refractivity contribution in [1.82, 2.24) is 9.55 Å². The maximum absolute atomic E-state index is 5.64. The topological polar surface area (TPSA) is 39.2 Å². The summed E-state index contributed by atoms with van der Waals surface area (Å²) in [4.78, 5) is 3.25. The fraction of sp³-hybridized carbons (Fsp3) is 0.562. The Morgan fingerprint density at radius 2 is 2.00 bits per heavy atom. The van der Waals surface area contributed by atoms with Crippen molar-refractivity contribution < 1.29 is 9.47 Å². The fourth-order valence-electron chi connectivity index (χ4n) is 2.32. The fourth-order valence-corrected chi connectivity index (χ4v) is 2.62. The number of aromatic nitrogens is 2. The minimum Gasteiger partial charge on any atom is -0.492 e. The predicted molar refractivity (Wildman–Crippen MR) is 88.6 cm³/mol. The van der Waals surface area contributed by atoms with Crippen molar-refractivity contribution in [2.24, 2.45) is 0 Å². The molecule has 1 heterocycles. The number of unbranched alkanes of at least 4 members (excludes halogenated alkanes) is 1. The molecular formula is C16H24N2O2S. The van der Waals surface area contributed by atoms with E-state index in [-0.39, 0.29) is 0 Å². The Balaban J connectivity index is 2.04. The Morgan fingerprint density at radius 3 is 2.76 bits per heavy atom. The number of nitrogens with one attached hydrogen (secondary N) is 1. The van der Waals surface area contributed by atoms with Gasteiger partial charge in [-0.05, 0) is 44.1 Å². The highest BCUT2D eigenvalue weighted by atomic mass is 32.1. The van der Waals surface area contributed by atoms with Gasteiger partial charge in [0.2, 0.25) is 0 Å². The van der Waals surface area contributed by atoms with Crippen molar-refractivity contribution in [1.29, 1.82) is 0 Å². The normalized spacial score (nSPS) is 11.1. The minimum absolute atomic E-state index is 0.649. The summed E-state index contributed by atoms with van der Waals surface area (Å²) in [6.07, 6.45) is 3.27. The summed E-state index contributed by atoms with van der Waals surface area (Å²) in [5, 5.41) is 0. The van der Waals surface area contributed by atoms with Crippen molar-refractivity contribution in [2.45, 2.75) is 39.7 Å². The molecule has 0 aliphatic rings. The Bertz CT molecular complexity index is 618. The van der Waals surface area contributed by atoms with Crippen LogP contribution in [0.4, 0.5) is 0 Å². The van der Waals surface area contributed by atoms with E-state index in [1.807, 2.05) is 19.1 Å². The van der Waals surface area contributed by atoms with Crippen LogP contribution in [-0.4, -0.2) is 29.4 Å². The van der Waals surface area contributed by atoms with E-state index in [9.17, 15) is 0 Å². The molecule has 0 saturated carbocycles. The molecule has 1 aromatic heterocycles. The standard InChI is InChI=1S/C16H24N2O2S/c1-3-5-11-19-12-7-10-18-13-8-6-9-14(20-4-2)15(13)17-16(18)21/h6,8-9H,3-5,7,10-12H2,1-2H3,(H,17,21). The molecule has 0 bridgehead atoms. The molecule has 0 aliphatic heterocycles. The molecule has 4 nitrogen and oxygen atoms in total. The molecule has 2 aromatic rings. The molecule has 0 atom stereocenters. The number of para-hydroxylation sites is 1. The summed E-state index contributed by atoms with van der Waals surface area (Å²) in [6.45, 7) is 7.29. The zero-order valence-corrected chi connectivity index (χ0v) is 13.7. The third-order valence-electron chi connectivity index (χ3n) is 3.38. The highest BCUT2D eigenvalue weighted by Gasteiger charge is 2.08. The van der Waals surface area contributed by atoms with Crippen molar-refractivity contribution in [3.05, 3.63) is 23.0 Å². The van der Waals surface area contributed by atoms with Gasteiger partial charge in [-0.2, -0.15) is 0 Å². The first kappa shape index (κ1) is 16.0. The SMILES string of the molecule is CCCCOCCCn1c(=S)[nH]c2c(OCC)cccc21. The highest BCUT2D eigenvalue weighted by molar-refractivity contribution is 7.71. The lowest BCUT2D eigenvalue weighted by Crippen LogP contribution is -2.03. The summed E-state index contributed by atoms with van der Waals surface area (Å²) in [5.74, 6) is 0.860. The van der Waals surface area contributed by atoms with E-state index >= 15 is 0 Å². The van der Waals surface area contributed by atoms with E-state index in [2.05, 4.69) is 22.5 Å². The van der Waals surface area contributed by atoms with Crippen LogP contribution in [0.25, 0.3) is 11.0 Å². The van der Waals surface area contributed by atoms with Crippen molar-refractivity contribution in [3.63, 3.8) is 0 Å². The molecule has 116 valence electrons. The number of H-pyrrole nitrogens is 1. The molecule has 0 spiro atoms. The molecule has 1 aromatic carbocycles. The largest absolute Gasteiger partial charge is 0.492 e. The van der Waals surface area contributed by atoms with Crippen LogP contribution in [0, 0.1) is 4.77 Å². The molecule has 0 unspecified atom stereocenters. The van der Waals surface area contributed by atoms with E-state index in [4.69, 9.17) is 21.7 Å². The van der Waals surface area contributed by atoms with Crippen molar-refractivity contribution in [3.8, 4) is 5.75 Å². The van der Waals surface area contributed by atoms with Gasteiger partial charge in [-0.1, -0.05) is 19.4 Å². The van der Waals surface area contributed by atoms with Gasteiger partial charge in [0.25, 0.3) is 0 Å². The second-order valence-electron chi connectivity index (χ2n) is 4.98. The molecule has 1 N–H and O–H groups in total. The number of imidazole rings is 1. The Kier molecular flexibility index (Phi) is 6.26. The molecule has 2 rings (SSSR count). The van der Waals surface area contributed by atoms with E-state index in [0.717, 1.165) is 54.2 Å². The zero-order chi connectivity index (χ0) is 15.1. The second kappa shape index (κ2) is 8.20. The summed E-state index contributed by atoms with van der Waals surface area (Å²) in [5.41, 5.74) is 2.08. The number of nitrogens with zero attached hydrogens (tertiary/aromatic N) is 1. The van der Waals surface area contributed by atoms with Gasteiger partial charge in [-0.25, -0.2) is 0 Å². The van der Waals surface area contributed by atoms with E-state index in [0.29, 0.717) is 6.61 Å². The number of aryl methyl sites for hydroxylation is 1.